The van der Waals surface area contributed by atoms with Gasteiger partial charge in [0.1, 0.15) is 0 Å². The molecule has 23 heteroatoms. The highest BCUT2D eigenvalue weighted by molar-refractivity contribution is 7.93. The molecule has 0 amide bonds. The second kappa shape index (κ2) is 18.9. The van der Waals surface area contributed by atoms with Gasteiger partial charge in [-0.1, -0.05) is 60.4 Å². The van der Waals surface area contributed by atoms with E-state index in [1.165, 1.54) is 24.3 Å². The van der Waals surface area contributed by atoms with Crippen LogP contribution in [0, 0.1) is 23.7 Å². The summed E-state index contributed by atoms with van der Waals surface area (Å²) in [4.78, 5) is 15.0. The third-order valence-electron chi connectivity index (χ3n) is 9.28. The van der Waals surface area contributed by atoms with Gasteiger partial charge in [0.25, 0.3) is 0 Å². The molecule has 0 radical (unpaired) electrons. The maximum absolute atomic E-state index is 12.8. The number of hydrogen-bond donors (Lipinski definition) is 6. The largest absolute Gasteiger partial charge is 0.516 e. The van der Waals surface area contributed by atoms with E-state index in [1.807, 2.05) is 0 Å². The molecule has 8 rings (SSSR count). The van der Waals surface area contributed by atoms with Crippen molar-refractivity contribution >= 4 is 79.2 Å². The van der Waals surface area contributed by atoms with Gasteiger partial charge < -0.3 is 9.97 Å². The van der Waals surface area contributed by atoms with Crippen molar-refractivity contribution in [1.82, 2.24) is 19.9 Å². The summed E-state index contributed by atoms with van der Waals surface area (Å²) in [5, 5.41) is 5.35. The summed E-state index contributed by atoms with van der Waals surface area (Å²) in [6, 6.07) is 35.5. The third-order valence-corrected chi connectivity index (χ3v) is 12.6. The van der Waals surface area contributed by atoms with Gasteiger partial charge in [-0.25, -0.2) is 40.4 Å². The van der Waals surface area contributed by atoms with E-state index in [0.29, 0.717) is 72.9 Å². The van der Waals surface area contributed by atoms with Crippen LogP contribution in [0.5, 0.6) is 0 Å². The van der Waals surface area contributed by atoms with E-state index in [9.17, 15) is 46.8 Å². The van der Waals surface area contributed by atoms with Gasteiger partial charge in [-0.05, 0) is 108 Å². The number of imidazole rings is 2. The number of benzene rings is 6. The molecule has 0 aliphatic rings. The first-order valence-electron chi connectivity index (χ1n) is 19.4. The van der Waals surface area contributed by atoms with E-state index >= 15 is 0 Å². The Morgan fingerprint density at radius 3 is 1.40 bits per heavy atom. The van der Waals surface area contributed by atoms with Crippen molar-refractivity contribution in [2.75, 3.05) is 26.7 Å². The summed E-state index contributed by atoms with van der Waals surface area (Å²) >= 11 is 0. The minimum Gasteiger partial charge on any atom is -0.331 e. The zero-order chi connectivity index (χ0) is 49.1. The lowest BCUT2D eigenvalue weighted by Gasteiger charge is -2.14. The van der Waals surface area contributed by atoms with Crippen LogP contribution in [0.15, 0.2) is 138 Å². The monoisotopic (exact) mass is 1000 g/mol. The van der Waals surface area contributed by atoms with Crippen molar-refractivity contribution in [3.8, 4) is 45.9 Å². The molecule has 68 heavy (non-hydrogen) atoms. The number of fused-ring (bicyclic) bond motifs is 2. The molecular formula is C45H35F3N8O8S4. The molecule has 0 aliphatic carbocycles. The molecule has 7 N–H and O–H groups in total. The molecule has 348 valence electrons. The van der Waals surface area contributed by atoms with E-state index in [1.54, 1.807) is 114 Å². The van der Waals surface area contributed by atoms with Crippen LogP contribution in [-0.4, -0.2) is 71.6 Å². The molecule has 0 atom stereocenters. The molecule has 0 unspecified atom stereocenters. The van der Waals surface area contributed by atoms with Crippen LogP contribution in [0.4, 0.5) is 30.2 Å². The maximum atomic E-state index is 12.8. The minimum absolute atomic E-state index is 0.0488. The second-order valence-corrected chi connectivity index (χ2v) is 21.4. The highest BCUT2D eigenvalue weighted by atomic mass is 32.2. The molecule has 0 spiro atoms. The van der Waals surface area contributed by atoms with Gasteiger partial charge in [-0.15, -0.1) is 0 Å². The third kappa shape index (κ3) is 12.4. The van der Waals surface area contributed by atoms with Crippen LogP contribution in [0.25, 0.3) is 44.3 Å². The summed E-state index contributed by atoms with van der Waals surface area (Å²) in [7, 11) is -16.2. The number of halogens is 3. The molecule has 0 saturated carbocycles. The summed E-state index contributed by atoms with van der Waals surface area (Å²) in [6.45, 7) is 0. The predicted molar refractivity (Wildman–Crippen MR) is 255 cm³/mol. The Morgan fingerprint density at radius 1 is 0.529 bits per heavy atom. The number of aromatic nitrogens is 4. The Labute approximate surface area is 388 Å². The number of nitrogens with one attached hydrogen (secondary N) is 5. The smallest absolute Gasteiger partial charge is 0.331 e. The number of sulfonamides is 4. The summed E-state index contributed by atoms with van der Waals surface area (Å²) in [5.41, 5.74) is 0.830. The normalized spacial score (nSPS) is 11.9. The Bertz CT molecular complexity index is 3820. The summed E-state index contributed by atoms with van der Waals surface area (Å²) in [6.07, 6.45) is 2.13. The van der Waals surface area contributed by atoms with E-state index in [2.05, 4.69) is 53.1 Å². The van der Waals surface area contributed by atoms with Crippen LogP contribution in [-0.2, 0) is 40.1 Å². The Morgan fingerprint density at radius 2 is 0.956 bits per heavy atom. The zero-order valence-corrected chi connectivity index (χ0v) is 38.5. The van der Waals surface area contributed by atoms with Crippen LogP contribution in [0.3, 0.4) is 0 Å². The fourth-order valence-electron chi connectivity index (χ4n) is 6.39. The molecule has 0 saturated heterocycles. The molecule has 0 bridgehead atoms. The van der Waals surface area contributed by atoms with Gasteiger partial charge in [-0.3, -0.25) is 14.2 Å². The Kier molecular flexibility index (Phi) is 13.4. The first-order valence-corrected chi connectivity index (χ1v) is 26.2. The number of nitrogens with zero attached hydrogens (tertiary/aromatic N) is 2. The Balaban J connectivity index is 0.000000203. The lowest BCUT2D eigenvalue weighted by molar-refractivity contribution is -0.0429. The lowest BCUT2D eigenvalue weighted by Crippen LogP contribution is -2.30. The second-order valence-electron chi connectivity index (χ2n) is 14.7. The number of alkyl halides is 3. The van der Waals surface area contributed by atoms with E-state index < -0.39 is 45.6 Å². The van der Waals surface area contributed by atoms with Crippen molar-refractivity contribution in [2.45, 2.75) is 10.4 Å². The number of H-pyrrole nitrogens is 2. The zero-order valence-electron chi connectivity index (χ0n) is 35.2. The highest BCUT2D eigenvalue weighted by Gasteiger charge is 2.46. The lowest BCUT2D eigenvalue weighted by atomic mass is 10.0. The van der Waals surface area contributed by atoms with Crippen molar-refractivity contribution in [3.05, 3.63) is 156 Å². The minimum atomic E-state index is -5.59. The van der Waals surface area contributed by atoms with Gasteiger partial charge in [0.05, 0.1) is 45.2 Å². The SMILES string of the molecule is CS(=O)(=O)Nc1ccc(C#Cc2nc3ccc(-c4ccccc4NS(=O)(=O)C(F)(F)F)cc3[nH]2)cc1.CS(=O)(=O)Nc1ccc(C#Cc2nc3ccc(-c4ccccc4S(N)(=O)=O)cc3[nH]2)cc1. The average molecular weight is 1000 g/mol. The average Bonchev–Trinajstić information content (AvgIpc) is 3.87. The number of rotatable bonds is 9. The molecule has 0 fully saturated rings. The maximum Gasteiger partial charge on any atom is 0.516 e. The molecule has 0 aliphatic heterocycles. The summed E-state index contributed by atoms with van der Waals surface area (Å²) < 4.78 is 137. The number of primary sulfonamides is 1. The topological polar surface area (TPSA) is 256 Å². The standard InChI is InChI=1S/C23H17F3N4O4S2.C22H18N4O4S2/c1-35(31,32)29-17-10-6-15(7-11-17)8-13-22-27-20-12-9-16(14-21(20)28-22)18-4-2-3-5-19(18)30-36(33,34)23(24,25)26;1-31(27,28)26-17-10-6-15(7-11-17)8-13-22-24-19-12-9-16(14-20(19)25-22)18-4-2-3-5-21(18)32(23,29)30/h2-7,9-12,14,29-30H,1H3,(H,27,28);2-7,9-12,14,26H,1H3,(H,24,25)(H2,23,29,30). The van der Waals surface area contributed by atoms with Crippen molar-refractivity contribution in [1.29, 1.82) is 0 Å². The van der Waals surface area contributed by atoms with Crippen LogP contribution < -0.4 is 19.3 Å². The first kappa shape index (κ1) is 48.3. The molecule has 6 aromatic carbocycles. The van der Waals surface area contributed by atoms with Gasteiger partial charge in [0.15, 0.2) is 11.6 Å². The Hall–Kier alpha value is -7.67. The van der Waals surface area contributed by atoms with Crippen molar-refractivity contribution in [2.24, 2.45) is 5.14 Å². The van der Waals surface area contributed by atoms with Gasteiger partial charge in [0.2, 0.25) is 30.1 Å². The number of aromatic amines is 2. The van der Waals surface area contributed by atoms with E-state index in [4.69, 9.17) is 5.14 Å². The van der Waals surface area contributed by atoms with Gasteiger partial charge in [-0.2, -0.15) is 21.6 Å². The number of para-hydroxylation sites is 1. The summed E-state index contributed by atoms with van der Waals surface area (Å²) in [5.74, 6) is 12.4. The molecule has 2 aromatic heterocycles. The van der Waals surface area contributed by atoms with Crippen LogP contribution in [0.2, 0.25) is 0 Å². The van der Waals surface area contributed by atoms with Crippen LogP contribution in [0.1, 0.15) is 22.8 Å². The number of nitrogens with two attached hydrogens (primary N) is 1. The quantitative estimate of drug-likeness (QED) is 0.0815. The molecular weight excluding hydrogens is 966 g/mol. The van der Waals surface area contributed by atoms with Crippen molar-refractivity contribution in [3.63, 3.8) is 0 Å². The first-order chi connectivity index (χ1) is 31.9. The van der Waals surface area contributed by atoms with Gasteiger partial charge in [0, 0.05) is 33.6 Å². The predicted octanol–water partition coefficient (Wildman–Crippen LogP) is 6.91. The van der Waals surface area contributed by atoms with E-state index in [0.717, 1.165) is 12.5 Å². The fraction of sp³-hybridized carbons (Fsp3) is 0.0667. The fourth-order valence-corrected chi connectivity index (χ4v) is 8.86. The molecule has 8 aromatic rings. The molecule has 2 heterocycles. The van der Waals surface area contributed by atoms with Crippen molar-refractivity contribution < 1.29 is 46.8 Å². The number of hydrogen-bond acceptors (Lipinski definition) is 10. The van der Waals surface area contributed by atoms with Gasteiger partial charge >= 0.3 is 15.5 Å². The van der Waals surface area contributed by atoms with Crippen LogP contribution >= 0.6 is 0 Å². The molecule has 16 nitrogen and oxygen atoms in total. The highest BCUT2D eigenvalue weighted by Crippen LogP contribution is 2.34. The number of anilines is 3. The van der Waals surface area contributed by atoms with E-state index in [-0.39, 0.29) is 16.1 Å².